The second-order valence-corrected chi connectivity index (χ2v) is 11.8. The van der Waals surface area contributed by atoms with E-state index in [1.165, 1.54) is 6.92 Å². The molecule has 0 aromatic heterocycles. The van der Waals surface area contributed by atoms with Gasteiger partial charge in [0.2, 0.25) is 0 Å². The first-order valence-corrected chi connectivity index (χ1v) is 14.7. The van der Waals surface area contributed by atoms with E-state index in [1.54, 1.807) is 6.92 Å². The smallest absolute Gasteiger partial charge is 0.187 e. The summed E-state index contributed by atoms with van der Waals surface area (Å²) in [5.41, 5.74) is 0. The van der Waals surface area contributed by atoms with Crippen LogP contribution in [0.5, 0.6) is 0 Å². The number of hydrogen-bond acceptors (Lipinski definition) is 18. The summed E-state index contributed by atoms with van der Waals surface area (Å²) in [5, 5.41) is 136. The topological polar surface area (TPSA) is 312 Å². The van der Waals surface area contributed by atoms with Crippen LogP contribution < -0.4 is 5.32 Å². The summed E-state index contributed by atoms with van der Waals surface area (Å²) in [5.74, 6) is -0.764. The SMILES string of the molecule is CCC(O)C(O)C(O)C(O)COC1OC(CO)C(OC2OC(C)C(NC3CC(CO)C(O)C(O)C3O)C(O)C2O)C(O)C1O. The standard InChI is InChI=1S/C26H49NO17/c1-3-11(30)17(34)18(35)12(31)7-41-25-23(40)21(38)24(13(6-29)43-25)44-26-22(39)19(36)14(8(2)42-26)27-10-4-9(5-28)15(32)20(37)16(10)33/h8-40H,3-7H2,1-2H3. The van der Waals surface area contributed by atoms with Gasteiger partial charge in [0.15, 0.2) is 12.6 Å². The lowest BCUT2D eigenvalue weighted by atomic mass is 9.79. The molecule has 19 unspecified atom stereocenters. The Morgan fingerprint density at radius 2 is 1.34 bits per heavy atom. The minimum atomic E-state index is -1.84. The van der Waals surface area contributed by atoms with E-state index in [0.29, 0.717) is 0 Å². The van der Waals surface area contributed by atoms with E-state index in [2.05, 4.69) is 5.32 Å². The molecule has 14 N–H and O–H groups in total. The number of nitrogens with one attached hydrogen (secondary N) is 1. The van der Waals surface area contributed by atoms with Crippen LogP contribution in [-0.4, -0.2) is 196 Å². The predicted octanol–water partition coefficient (Wildman–Crippen LogP) is -7.43. The Bertz CT molecular complexity index is 857. The minimum Gasteiger partial charge on any atom is -0.396 e. The molecule has 18 heteroatoms. The van der Waals surface area contributed by atoms with E-state index in [9.17, 15) is 66.4 Å². The summed E-state index contributed by atoms with van der Waals surface area (Å²) in [6.45, 7) is 1.09. The highest BCUT2D eigenvalue weighted by Crippen LogP contribution is 2.32. The molecule has 3 rings (SSSR count). The lowest BCUT2D eigenvalue weighted by molar-refractivity contribution is -0.352. The average molecular weight is 648 g/mol. The molecule has 1 aliphatic carbocycles. The van der Waals surface area contributed by atoms with Gasteiger partial charge in [-0.05, 0) is 19.8 Å². The molecule has 2 saturated heterocycles. The van der Waals surface area contributed by atoms with Gasteiger partial charge < -0.3 is 90.6 Å². The summed E-state index contributed by atoms with van der Waals surface area (Å²) < 4.78 is 22.1. The summed E-state index contributed by atoms with van der Waals surface area (Å²) in [7, 11) is 0. The number of aliphatic hydroxyl groups is 13. The fourth-order valence-electron chi connectivity index (χ4n) is 5.80. The maximum Gasteiger partial charge on any atom is 0.187 e. The van der Waals surface area contributed by atoms with Crippen LogP contribution >= 0.6 is 0 Å². The first kappa shape index (κ1) is 37.7. The van der Waals surface area contributed by atoms with Crippen molar-refractivity contribution in [3.05, 3.63) is 0 Å². The lowest BCUT2D eigenvalue weighted by Crippen LogP contribution is -2.69. The zero-order valence-electron chi connectivity index (χ0n) is 24.5. The third kappa shape index (κ3) is 8.22. The van der Waals surface area contributed by atoms with Crippen LogP contribution in [0.2, 0.25) is 0 Å². The first-order valence-electron chi connectivity index (χ1n) is 14.7. The number of aliphatic hydroxyl groups excluding tert-OH is 13. The van der Waals surface area contributed by atoms with Gasteiger partial charge >= 0.3 is 0 Å². The van der Waals surface area contributed by atoms with Crippen molar-refractivity contribution in [2.24, 2.45) is 5.92 Å². The largest absolute Gasteiger partial charge is 0.396 e. The fourth-order valence-corrected chi connectivity index (χ4v) is 5.80. The maximum atomic E-state index is 10.9. The molecular formula is C26H49NO17. The van der Waals surface area contributed by atoms with Crippen molar-refractivity contribution in [2.45, 2.75) is 137 Å². The van der Waals surface area contributed by atoms with Crippen LogP contribution in [0, 0.1) is 5.92 Å². The molecule has 0 radical (unpaired) electrons. The van der Waals surface area contributed by atoms with Gasteiger partial charge in [-0.3, -0.25) is 0 Å². The molecule has 44 heavy (non-hydrogen) atoms. The van der Waals surface area contributed by atoms with Crippen molar-refractivity contribution in [2.75, 3.05) is 19.8 Å². The van der Waals surface area contributed by atoms with E-state index in [-0.39, 0.29) is 12.8 Å². The highest BCUT2D eigenvalue weighted by molar-refractivity contribution is 5.01. The van der Waals surface area contributed by atoms with E-state index < -0.39 is 136 Å². The fraction of sp³-hybridized carbons (Fsp3) is 1.00. The van der Waals surface area contributed by atoms with Crippen molar-refractivity contribution in [1.82, 2.24) is 5.32 Å². The quantitative estimate of drug-likeness (QED) is 0.0882. The van der Waals surface area contributed by atoms with Gasteiger partial charge in [-0.1, -0.05) is 6.92 Å². The summed E-state index contributed by atoms with van der Waals surface area (Å²) in [6, 6.07) is -1.94. The summed E-state index contributed by atoms with van der Waals surface area (Å²) >= 11 is 0. The Morgan fingerprint density at radius 3 is 1.93 bits per heavy atom. The second kappa shape index (κ2) is 16.4. The summed E-state index contributed by atoms with van der Waals surface area (Å²) in [6.07, 6.45) is -25.0. The molecule has 0 bridgehead atoms. The Balaban J connectivity index is 1.61. The molecular weight excluding hydrogens is 598 g/mol. The van der Waals surface area contributed by atoms with Gasteiger partial charge in [0.05, 0.1) is 43.7 Å². The second-order valence-electron chi connectivity index (χ2n) is 11.8. The normalized spacial score (nSPS) is 46.3. The molecule has 2 aliphatic heterocycles. The van der Waals surface area contributed by atoms with Crippen molar-refractivity contribution < 1.29 is 85.3 Å². The first-order chi connectivity index (χ1) is 20.7. The van der Waals surface area contributed by atoms with E-state index >= 15 is 0 Å². The zero-order chi connectivity index (χ0) is 33.0. The lowest BCUT2D eigenvalue weighted by Gasteiger charge is -2.48. The van der Waals surface area contributed by atoms with E-state index in [1.807, 2.05) is 0 Å². The Labute approximate surface area is 253 Å². The molecule has 18 nitrogen and oxygen atoms in total. The van der Waals surface area contributed by atoms with Crippen LogP contribution in [0.15, 0.2) is 0 Å². The van der Waals surface area contributed by atoms with Crippen molar-refractivity contribution in [1.29, 1.82) is 0 Å². The Hall–Kier alpha value is -0.720. The Morgan fingerprint density at radius 1 is 0.727 bits per heavy atom. The molecule has 0 spiro atoms. The molecule has 0 aromatic carbocycles. The monoisotopic (exact) mass is 647 g/mol. The molecule has 0 amide bonds. The van der Waals surface area contributed by atoms with E-state index in [4.69, 9.17) is 18.9 Å². The van der Waals surface area contributed by atoms with Crippen molar-refractivity contribution in [3.8, 4) is 0 Å². The van der Waals surface area contributed by atoms with Gasteiger partial charge in [0.25, 0.3) is 0 Å². The molecule has 3 fully saturated rings. The molecule has 0 aromatic rings. The highest BCUT2D eigenvalue weighted by Gasteiger charge is 2.52. The highest BCUT2D eigenvalue weighted by atomic mass is 16.7. The average Bonchev–Trinajstić information content (AvgIpc) is 3.01. The predicted molar refractivity (Wildman–Crippen MR) is 143 cm³/mol. The Kier molecular flexibility index (Phi) is 14.1. The third-order valence-electron chi connectivity index (χ3n) is 8.74. The number of hydrogen-bond donors (Lipinski definition) is 14. The van der Waals surface area contributed by atoms with Crippen molar-refractivity contribution in [3.63, 3.8) is 0 Å². The van der Waals surface area contributed by atoms with Crippen LogP contribution in [-0.2, 0) is 18.9 Å². The summed E-state index contributed by atoms with van der Waals surface area (Å²) in [4.78, 5) is 0. The van der Waals surface area contributed by atoms with Gasteiger partial charge in [0.1, 0.15) is 61.0 Å². The van der Waals surface area contributed by atoms with Gasteiger partial charge in [0, 0.05) is 18.6 Å². The van der Waals surface area contributed by atoms with Crippen molar-refractivity contribution >= 4 is 0 Å². The maximum absolute atomic E-state index is 10.9. The molecule has 2 heterocycles. The van der Waals surface area contributed by atoms with Crippen LogP contribution in [0.3, 0.4) is 0 Å². The third-order valence-corrected chi connectivity index (χ3v) is 8.74. The molecule has 19 atom stereocenters. The van der Waals surface area contributed by atoms with Crippen LogP contribution in [0.1, 0.15) is 26.7 Å². The van der Waals surface area contributed by atoms with Crippen LogP contribution in [0.25, 0.3) is 0 Å². The van der Waals surface area contributed by atoms with Gasteiger partial charge in [-0.25, -0.2) is 0 Å². The van der Waals surface area contributed by atoms with Gasteiger partial charge in [-0.15, -0.1) is 0 Å². The number of ether oxygens (including phenoxy) is 4. The van der Waals surface area contributed by atoms with Gasteiger partial charge in [-0.2, -0.15) is 0 Å². The molecule has 3 aliphatic rings. The number of rotatable bonds is 13. The molecule has 260 valence electrons. The van der Waals surface area contributed by atoms with E-state index in [0.717, 1.165) is 0 Å². The zero-order valence-corrected chi connectivity index (χ0v) is 24.5. The van der Waals surface area contributed by atoms with Crippen LogP contribution in [0.4, 0.5) is 0 Å². The molecule has 1 saturated carbocycles. The minimum absolute atomic E-state index is 0.0318.